The van der Waals surface area contributed by atoms with Crippen molar-refractivity contribution in [2.45, 2.75) is 18.7 Å². The topological polar surface area (TPSA) is 59.1 Å². The second kappa shape index (κ2) is 6.33. The number of para-hydroxylation sites is 1. The largest absolute Gasteiger partial charge is 0.279 e. The molecule has 4 nitrogen and oxygen atoms in total. The average molecular weight is 362 g/mol. The summed E-state index contributed by atoms with van der Waals surface area (Å²) in [5, 5.41) is 2.78. The van der Waals surface area contributed by atoms with Crippen LogP contribution in [0.15, 0.2) is 52.7 Å². The molecule has 0 radical (unpaired) electrons. The first kappa shape index (κ1) is 16.6. The van der Waals surface area contributed by atoms with Gasteiger partial charge in [-0.05, 0) is 43.7 Å². The molecule has 0 aliphatic heterocycles. The van der Waals surface area contributed by atoms with Gasteiger partial charge >= 0.3 is 0 Å². The number of rotatable bonds is 4. The van der Waals surface area contributed by atoms with Crippen molar-refractivity contribution in [3.8, 4) is 11.3 Å². The molecule has 0 bridgehead atoms. The van der Waals surface area contributed by atoms with Crippen LogP contribution in [0.2, 0.25) is 0 Å². The zero-order valence-corrected chi connectivity index (χ0v) is 14.7. The molecule has 0 amide bonds. The Labute approximate surface area is 144 Å². The Kier molecular flexibility index (Phi) is 4.38. The third-order valence-corrected chi connectivity index (χ3v) is 5.79. The average Bonchev–Trinajstić information content (AvgIpc) is 2.93. The van der Waals surface area contributed by atoms with Crippen LogP contribution >= 0.6 is 11.3 Å². The lowest BCUT2D eigenvalue weighted by Crippen LogP contribution is -2.15. The van der Waals surface area contributed by atoms with E-state index in [9.17, 15) is 12.8 Å². The number of nitrogens with zero attached hydrogens (tertiary/aromatic N) is 1. The zero-order valence-electron chi connectivity index (χ0n) is 13.1. The van der Waals surface area contributed by atoms with E-state index in [2.05, 4.69) is 9.71 Å². The molecule has 124 valence electrons. The molecule has 0 aliphatic carbocycles. The molecular formula is C17H15FN2O2S2. The molecule has 24 heavy (non-hydrogen) atoms. The molecule has 3 aromatic rings. The Morgan fingerprint density at radius 1 is 1.12 bits per heavy atom. The van der Waals surface area contributed by atoms with Gasteiger partial charge in [-0.1, -0.05) is 18.2 Å². The van der Waals surface area contributed by atoms with Gasteiger partial charge in [0.15, 0.2) is 0 Å². The molecular weight excluding hydrogens is 347 g/mol. The van der Waals surface area contributed by atoms with Crippen molar-refractivity contribution in [3.05, 3.63) is 64.2 Å². The highest BCUT2D eigenvalue weighted by Gasteiger charge is 2.19. The fourth-order valence-electron chi connectivity index (χ4n) is 2.40. The van der Waals surface area contributed by atoms with Crippen molar-refractivity contribution in [1.29, 1.82) is 0 Å². The van der Waals surface area contributed by atoms with Crippen LogP contribution in [-0.4, -0.2) is 13.4 Å². The Morgan fingerprint density at radius 2 is 1.88 bits per heavy atom. The third kappa shape index (κ3) is 3.32. The fraction of sp³-hybridized carbons (Fsp3) is 0.118. The standard InChI is InChI=1S/C17H15FN2O2S2/c1-11-9-13(18)7-8-17(11)24(21,22)20-15-6-4-3-5-14(15)16-10-23-12(2)19-16/h3-10,20H,1-2H3. The lowest BCUT2D eigenvalue weighted by Gasteiger charge is -2.13. The van der Waals surface area contributed by atoms with Gasteiger partial charge < -0.3 is 0 Å². The van der Waals surface area contributed by atoms with Gasteiger partial charge in [-0.25, -0.2) is 17.8 Å². The molecule has 1 N–H and O–H groups in total. The first-order valence-electron chi connectivity index (χ1n) is 7.17. The highest BCUT2D eigenvalue weighted by atomic mass is 32.2. The SMILES string of the molecule is Cc1nc(-c2ccccc2NS(=O)(=O)c2ccc(F)cc2C)cs1. The Balaban J connectivity index is 2.02. The summed E-state index contributed by atoms with van der Waals surface area (Å²) in [7, 11) is -3.83. The molecule has 3 rings (SSSR count). The van der Waals surface area contributed by atoms with Crippen LogP contribution in [0.4, 0.5) is 10.1 Å². The summed E-state index contributed by atoms with van der Waals surface area (Å²) in [5.41, 5.74) is 2.20. The second-order valence-electron chi connectivity index (χ2n) is 5.31. The van der Waals surface area contributed by atoms with Gasteiger partial charge in [0, 0.05) is 10.9 Å². The number of hydrogen-bond acceptors (Lipinski definition) is 4. The monoisotopic (exact) mass is 362 g/mol. The number of nitrogens with one attached hydrogen (secondary N) is 1. The van der Waals surface area contributed by atoms with Gasteiger partial charge in [0.2, 0.25) is 0 Å². The molecule has 0 fully saturated rings. The molecule has 0 aliphatic rings. The van der Waals surface area contributed by atoms with Crippen LogP contribution in [0.1, 0.15) is 10.6 Å². The van der Waals surface area contributed by atoms with Crippen molar-refractivity contribution in [2.75, 3.05) is 4.72 Å². The Bertz CT molecular complexity index is 997. The lowest BCUT2D eigenvalue weighted by atomic mass is 10.1. The second-order valence-corrected chi connectivity index (χ2v) is 8.03. The summed E-state index contributed by atoms with van der Waals surface area (Å²) in [6.45, 7) is 3.45. The van der Waals surface area contributed by atoms with E-state index in [1.807, 2.05) is 24.4 Å². The molecule has 0 unspecified atom stereocenters. The van der Waals surface area contributed by atoms with E-state index in [4.69, 9.17) is 0 Å². The third-order valence-electron chi connectivity index (χ3n) is 3.49. The first-order chi connectivity index (χ1) is 11.4. The Morgan fingerprint density at radius 3 is 2.54 bits per heavy atom. The van der Waals surface area contributed by atoms with Crippen LogP contribution in [-0.2, 0) is 10.0 Å². The van der Waals surface area contributed by atoms with Crippen molar-refractivity contribution in [2.24, 2.45) is 0 Å². The van der Waals surface area contributed by atoms with Crippen molar-refractivity contribution >= 4 is 27.0 Å². The number of anilines is 1. The summed E-state index contributed by atoms with van der Waals surface area (Å²) >= 11 is 1.50. The highest BCUT2D eigenvalue weighted by Crippen LogP contribution is 2.30. The predicted molar refractivity (Wildman–Crippen MR) is 94.2 cm³/mol. The van der Waals surface area contributed by atoms with Gasteiger partial charge in [-0.2, -0.15) is 0 Å². The van der Waals surface area contributed by atoms with Crippen LogP contribution in [0.3, 0.4) is 0 Å². The minimum atomic E-state index is -3.83. The van der Waals surface area contributed by atoms with Gasteiger partial charge in [-0.15, -0.1) is 11.3 Å². The van der Waals surface area contributed by atoms with Crippen molar-refractivity contribution in [3.63, 3.8) is 0 Å². The number of benzene rings is 2. The molecule has 1 heterocycles. The zero-order chi connectivity index (χ0) is 17.3. The highest BCUT2D eigenvalue weighted by molar-refractivity contribution is 7.92. The van der Waals surface area contributed by atoms with E-state index >= 15 is 0 Å². The predicted octanol–water partition coefficient (Wildman–Crippen LogP) is 4.37. The van der Waals surface area contributed by atoms with Gasteiger partial charge in [-0.3, -0.25) is 4.72 Å². The quantitative estimate of drug-likeness (QED) is 0.750. The number of sulfonamides is 1. The molecule has 7 heteroatoms. The first-order valence-corrected chi connectivity index (χ1v) is 9.53. The maximum Gasteiger partial charge on any atom is 0.262 e. The number of aromatic nitrogens is 1. The van der Waals surface area contributed by atoms with E-state index in [1.165, 1.54) is 23.5 Å². The van der Waals surface area contributed by atoms with E-state index < -0.39 is 15.8 Å². The van der Waals surface area contributed by atoms with Crippen molar-refractivity contribution in [1.82, 2.24) is 4.98 Å². The van der Waals surface area contributed by atoms with Crippen LogP contribution in [0, 0.1) is 19.7 Å². The summed E-state index contributed by atoms with van der Waals surface area (Å²) in [4.78, 5) is 4.46. The normalized spacial score (nSPS) is 11.5. The molecule has 0 spiro atoms. The summed E-state index contributed by atoms with van der Waals surface area (Å²) in [6, 6.07) is 10.7. The number of thiazole rings is 1. The van der Waals surface area contributed by atoms with Crippen molar-refractivity contribution < 1.29 is 12.8 Å². The Hall–Kier alpha value is -2.25. The maximum absolute atomic E-state index is 13.2. The molecule has 0 saturated carbocycles. The minimum Gasteiger partial charge on any atom is -0.279 e. The molecule has 0 saturated heterocycles. The van der Waals surface area contributed by atoms with Gasteiger partial charge in [0.1, 0.15) is 5.82 Å². The number of aryl methyl sites for hydroxylation is 2. The van der Waals surface area contributed by atoms with Crippen LogP contribution in [0.5, 0.6) is 0 Å². The number of halogens is 1. The minimum absolute atomic E-state index is 0.0492. The molecule has 0 atom stereocenters. The maximum atomic E-state index is 13.2. The van der Waals surface area contributed by atoms with Gasteiger partial charge in [0.05, 0.1) is 21.3 Å². The van der Waals surface area contributed by atoms with E-state index in [0.717, 1.165) is 11.1 Å². The smallest absolute Gasteiger partial charge is 0.262 e. The van der Waals surface area contributed by atoms with E-state index in [0.29, 0.717) is 22.5 Å². The number of hydrogen-bond donors (Lipinski definition) is 1. The summed E-state index contributed by atoms with van der Waals surface area (Å²) < 4.78 is 41.2. The summed E-state index contributed by atoms with van der Waals surface area (Å²) in [5.74, 6) is -0.468. The van der Waals surface area contributed by atoms with Crippen LogP contribution < -0.4 is 4.72 Å². The van der Waals surface area contributed by atoms with E-state index in [1.54, 1.807) is 19.1 Å². The molecule has 2 aromatic carbocycles. The van der Waals surface area contributed by atoms with E-state index in [-0.39, 0.29) is 4.90 Å². The van der Waals surface area contributed by atoms with Gasteiger partial charge in [0.25, 0.3) is 10.0 Å². The lowest BCUT2D eigenvalue weighted by molar-refractivity contribution is 0.598. The fourth-order valence-corrected chi connectivity index (χ4v) is 4.32. The summed E-state index contributed by atoms with van der Waals surface area (Å²) in [6.07, 6.45) is 0. The molecule has 1 aromatic heterocycles. The van der Waals surface area contributed by atoms with Crippen LogP contribution in [0.25, 0.3) is 11.3 Å².